The number of nitrogens with one attached hydrogen (secondary N) is 1. The Hall–Kier alpha value is -2.26. The number of halogens is 3. The monoisotopic (exact) mass is 445 g/mol. The second kappa shape index (κ2) is 7.53. The minimum atomic E-state index is -1.22. The molecule has 3 fully saturated rings. The number of amides is 2. The Morgan fingerprint density at radius 2 is 1.97 bits per heavy atom. The van der Waals surface area contributed by atoms with Gasteiger partial charge in [-0.2, -0.15) is 0 Å². The van der Waals surface area contributed by atoms with Gasteiger partial charge in [0.05, 0.1) is 30.4 Å². The molecule has 0 radical (unpaired) electrons. The number of carbonyl (C=O) groups is 3. The molecule has 3 aliphatic rings. The summed E-state index contributed by atoms with van der Waals surface area (Å²) in [6, 6.07) is 4.45. The molecule has 0 spiro atoms. The molecule has 1 aromatic rings. The largest absolute Gasteiger partial charge is 0.481 e. The molecule has 8 nitrogen and oxygen atoms in total. The highest BCUT2D eigenvalue weighted by atomic mass is 35.5. The number of alkyl halides is 2. The Balaban J connectivity index is 1.38. The topological polar surface area (TPSA) is 99.2 Å². The van der Waals surface area contributed by atoms with Crippen molar-refractivity contribution in [2.45, 2.75) is 10.9 Å². The number of ether oxygens (including phenoxy) is 1. The second-order valence-corrected chi connectivity index (χ2v) is 8.49. The second-order valence-electron chi connectivity index (χ2n) is 7.39. The number of hydrogen-bond donors (Lipinski definition) is 2. The molecule has 1 aliphatic carbocycles. The molecule has 29 heavy (non-hydrogen) atoms. The Morgan fingerprint density at radius 1 is 1.28 bits per heavy atom. The van der Waals surface area contributed by atoms with E-state index < -0.39 is 34.7 Å². The normalized spacial score (nSPS) is 27.8. The maximum absolute atomic E-state index is 14.7. The average Bonchev–Trinajstić information content (AvgIpc) is 2.97. The third-order valence-electron chi connectivity index (χ3n) is 5.64. The summed E-state index contributed by atoms with van der Waals surface area (Å²) in [5, 5.41) is 11.6. The van der Waals surface area contributed by atoms with Crippen molar-refractivity contribution >= 4 is 52.5 Å². The van der Waals surface area contributed by atoms with Crippen LogP contribution < -0.4 is 15.1 Å². The third-order valence-corrected chi connectivity index (χ3v) is 6.04. The first-order chi connectivity index (χ1) is 13.8. The van der Waals surface area contributed by atoms with Gasteiger partial charge >= 0.3 is 12.1 Å². The molecule has 2 N–H and O–H groups in total. The van der Waals surface area contributed by atoms with Gasteiger partial charge in [0, 0.05) is 13.1 Å². The number of carboxylic acid groups (broad SMARTS) is 1. The summed E-state index contributed by atoms with van der Waals surface area (Å²) in [7, 11) is 0. The van der Waals surface area contributed by atoms with Gasteiger partial charge in [0.15, 0.2) is 4.84 Å². The molecule has 1 saturated carbocycles. The van der Waals surface area contributed by atoms with Gasteiger partial charge < -0.3 is 20.1 Å². The third kappa shape index (κ3) is 3.81. The van der Waals surface area contributed by atoms with Crippen LogP contribution >= 0.6 is 23.2 Å². The molecule has 1 unspecified atom stereocenters. The zero-order valence-corrected chi connectivity index (χ0v) is 16.6. The summed E-state index contributed by atoms with van der Waals surface area (Å²) >= 11 is 10.9. The van der Waals surface area contributed by atoms with E-state index in [2.05, 4.69) is 5.32 Å². The number of aliphatic carboxylic acids is 1. The van der Waals surface area contributed by atoms with Crippen LogP contribution in [0.25, 0.3) is 0 Å². The van der Waals surface area contributed by atoms with Crippen LogP contribution in [-0.4, -0.2) is 60.2 Å². The van der Waals surface area contributed by atoms with Crippen LogP contribution in [0.1, 0.15) is 0 Å². The van der Waals surface area contributed by atoms with E-state index in [4.69, 9.17) is 33.0 Å². The first-order valence-corrected chi connectivity index (χ1v) is 9.95. The Labute approximate surface area is 175 Å². The number of rotatable bonds is 6. The maximum atomic E-state index is 14.7. The van der Waals surface area contributed by atoms with Gasteiger partial charge in [-0.1, -0.05) is 23.2 Å². The highest BCUT2D eigenvalue weighted by Gasteiger charge is 2.60. The summed E-state index contributed by atoms with van der Waals surface area (Å²) in [6.07, 6.45) is -1.25. The minimum Gasteiger partial charge on any atom is -0.481 e. The van der Waals surface area contributed by atoms with Crippen molar-refractivity contribution in [3.8, 4) is 0 Å². The molecular weight excluding hydrogens is 428 g/mol. The fourth-order valence-electron chi connectivity index (χ4n) is 4.14. The number of nitrogens with zero attached hydrogens (tertiary/aromatic N) is 2. The van der Waals surface area contributed by atoms with Crippen LogP contribution in [0.15, 0.2) is 18.2 Å². The number of piperidine rings is 1. The zero-order valence-electron chi connectivity index (χ0n) is 15.1. The van der Waals surface area contributed by atoms with Crippen molar-refractivity contribution in [1.82, 2.24) is 5.32 Å². The van der Waals surface area contributed by atoms with E-state index in [1.54, 1.807) is 12.1 Å². The van der Waals surface area contributed by atoms with Crippen molar-refractivity contribution in [3.05, 3.63) is 24.0 Å². The van der Waals surface area contributed by atoms with Crippen LogP contribution in [0.3, 0.4) is 0 Å². The molecule has 2 saturated heterocycles. The van der Waals surface area contributed by atoms with Crippen molar-refractivity contribution in [2.75, 3.05) is 36.0 Å². The van der Waals surface area contributed by atoms with Gasteiger partial charge in [0.2, 0.25) is 0 Å². The van der Waals surface area contributed by atoms with E-state index in [1.807, 2.05) is 4.90 Å². The molecule has 2 aliphatic heterocycles. The molecule has 0 aromatic heterocycles. The Bertz CT molecular complexity index is 858. The number of hydrogen-bond acceptors (Lipinski definition) is 5. The van der Waals surface area contributed by atoms with Gasteiger partial charge in [0.25, 0.3) is 5.91 Å². The van der Waals surface area contributed by atoms with Gasteiger partial charge in [-0.15, -0.1) is 0 Å². The zero-order chi connectivity index (χ0) is 20.9. The summed E-state index contributed by atoms with van der Waals surface area (Å²) in [4.78, 5) is 36.5. The molecule has 2 amide bonds. The van der Waals surface area contributed by atoms with Crippen molar-refractivity contribution < 1.29 is 28.6 Å². The number of carbonyl (C=O) groups excluding carboxylic acids is 2. The van der Waals surface area contributed by atoms with Gasteiger partial charge in [-0.05, 0) is 30.0 Å². The van der Waals surface area contributed by atoms with E-state index in [1.165, 1.54) is 11.0 Å². The lowest BCUT2D eigenvalue weighted by molar-refractivity contribution is -0.139. The number of benzene rings is 1. The van der Waals surface area contributed by atoms with Crippen molar-refractivity contribution in [2.24, 2.45) is 17.8 Å². The lowest BCUT2D eigenvalue weighted by Gasteiger charge is -2.23. The van der Waals surface area contributed by atoms with Crippen LogP contribution in [0, 0.1) is 23.6 Å². The van der Waals surface area contributed by atoms with E-state index in [0.717, 1.165) is 0 Å². The van der Waals surface area contributed by atoms with Crippen molar-refractivity contribution in [1.29, 1.82) is 0 Å². The van der Waals surface area contributed by atoms with Crippen molar-refractivity contribution in [3.63, 3.8) is 0 Å². The fourth-order valence-corrected chi connectivity index (χ4v) is 4.29. The first-order valence-electron chi connectivity index (χ1n) is 9.07. The summed E-state index contributed by atoms with van der Waals surface area (Å²) < 4.78 is 19.9. The predicted molar refractivity (Wildman–Crippen MR) is 103 cm³/mol. The van der Waals surface area contributed by atoms with E-state index in [-0.39, 0.29) is 30.8 Å². The quantitative estimate of drug-likeness (QED) is 0.648. The maximum Gasteiger partial charge on any atom is 0.414 e. The highest BCUT2D eigenvalue weighted by Crippen LogP contribution is 2.52. The van der Waals surface area contributed by atoms with Gasteiger partial charge in [-0.25, -0.2) is 9.18 Å². The Kier molecular flexibility index (Phi) is 5.20. The van der Waals surface area contributed by atoms with E-state index in [0.29, 0.717) is 24.5 Å². The summed E-state index contributed by atoms with van der Waals surface area (Å²) in [6.45, 7) is 1.20. The van der Waals surface area contributed by atoms with Gasteiger partial charge in [-0.3, -0.25) is 14.5 Å². The molecule has 0 bridgehead atoms. The van der Waals surface area contributed by atoms with E-state index in [9.17, 15) is 18.8 Å². The standard InChI is InChI=1S/C18H18Cl2FN3O5/c19-15(20)16(25)22-4-9-5-24(18(28)29-9)8-1-2-13(12(21)3-8)23-6-10-11(7-23)14(10)17(26)27/h1-3,9-11,14-15H,4-7H2,(H,22,25)(H,26,27)/t9-,10-,11+,14?/m0/s1. The molecule has 1 aromatic carbocycles. The van der Waals surface area contributed by atoms with E-state index >= 15 is 0 Å². The average molecular weight is 446 g/mol. The molecular formula is C18H18Cl2FN3O5. The number of anilines is 2. The molecule has 4 rings (SSSR count). The van der Waals surface area contributed by atoms with Crippen LogP contribution in [0.2, 0.25) is 0 Å². The fraction of sp³-hybridized carbons (Fsp3) is 0.500. The predicted octanol–water partition coefficient (Wildman–Crippen LogP) is 1.84. The molecule has 11 heteroatoms. The minimum absolute atomic E-state index is 0.0406. The first kappa shape index (κ1) is 20.0. The van der Waals surface area contributed by atoms with Crippen LogP contribution in [-0.2, 0) is 14.3 Å². The summed E-state index contributed by atoms with van der Waals surface area (Å²) in [5.41, 5.74) is 0.724. The molecule has 156 valence electrons. The van der Waals surface area contributed by atoms with Crippen LogP contribution in [0.5, 0.6) is 0 Å². The molecule has 4 atom stereocenters. The lowest BCUT2D eigenvalue weighted by atomic mass is 10.2. The highest BCUT2D eigenvalue weighted by molar-refractivity contribution is 6.53. The number of cyclic esters (lactones) is 1. The summed E-state index contributed by atoms with van der Waals surface area (Å²) in [5.74, 6) is -2.06. The van der Waals surface area contributed by atoms with Gasteiger partial charge in [0.1, 0.15) is 11.9 Å². The molecule has 2 heterocycles. The Morgan fingerprint density at radius 3 is 2.55 bits per heavy atom. The smallest absolute Gasteiger partial charge is 0.414 e. The number of fused-ring (bicyclic) bond motifs is 1. The SMILES string of the molecule is O=C(NC[C@H]1CN(c2ccc(N3C[C@@H]4C(C(=O)O)[C@@H]4C3)c(F)c2)C(=O)O1)C(Cl)Cl. The lowest BCUT2D eigenvalue weighted by Crippen LogP contribution is -2.37. The van der Waals surface area contributed by atoms with Crippen LogP contribution in [0.4, 0.5) is 20.6 Å². The number of carboxylic acids is 1.